The Morgan fingerprint density at radius 3 is 0.907 bits per heavy atom. The van der Waals surface area contributed by atoms with Gasteiger partial charge in [-0.15, -0.1) is 0 Å². The van der Waals surface area contributed by atoms with Crippen LogP contribution in [0.4, 0.5) is 0 Å². The van der Waals surface area contributed by atoms with Gasteiger partial charge < -0.3 is 0 Å². The fourth-order valence-corrected chi connectivity index (χ4v) is 10.1. The molecule has 0 radical (unpaired) electrons. The van der Waals surface area contributed by atoms with E-state index < -0.39 is 12.6 Å². The van der Waals surface area contributed by atoms with Crippen LogP contribution < -0.4 is 0 Å². The van der Waals surface area contributed by atoms with E-state index in [9.17, 15) is 0 Å². The van der Waals surface area contributed by atoms with Crippen LogP contribution in [0.3, 0.4) is 0 Å². The molecule has 0 fully saturated rings. The first kappa shape index (κ1) is 35.6. The maximum absolute atomic E-state index is 2.61. The average Bonchev–Trinajstić information content (AvgIpc) is 3.68. The fourth-order valence-electron chi connectivity index (χ4n) is 6.16. The van der Waals surface area contributed by atoms with Gasteiger partial charge >= 0.3 is 267 Å². The zero-order valence-corrected chi connectivity index (χ0v) is 30.1. The van der Waals surface area contributed by atoms with Crippen LogP contribution >= 0.6 is 0 Å². The molecule has 0 atom stereocenters. The van der Waals surface area contributed by atoms with Crippen molar-refractivity contribution in [2.75, 3.05) is 0 Å². The molecule has 6 nitrogen and oxygen atoms in total. The van der Waals surface area contributed by atoms with Gasteiger partial charge in [0.05, 0.1) is 0 Å². The van der Waals surface area contributed by atoms with E-state index in [2.05, 4.69) is 106 Å². The number of aromatic nitrogens is 6. The first-order chi connectivity index (χ1) is 21.0. The minimum absolute atomic E-state index is 1.11. The predicted molar refractivity (Wildman–Crippen MR) is 180 cm³/mol. The van der Waals surface area contributed by atoms with Crippen molar-refractivity contribution in [2.24, 2.45) is 21.1 Å². The quantitative estimate of drug-likeness (QED) is 0.0822. The Hall–Kier alpha value is -1.85. The third-order valence-corrected chi connectivity index (χ3v) is 12.6. The fraction of sp³-hybridized carbons (Fsp3) is 0.750. The van der Waals surface area contributed by atoms with Gasteiger partial charge in [-0.3, -0.25) is 0 Å². The topological polar surface area (TPSA) is 29.6 Å². The number of unbranched alkanes of at least 4 members (excludes halogenated alkanes) is 15. The third-order valence-electron chi connectivity index (χ3n) is 8.76. The average molecular weight is 638 g/mol. The van der Waals surface area contributed by atoms with E-state index in [4.69, 9.17) is 0 Å². The van der Waals surface area contributed by atoms with E-state index >= 15 is 0 Å². The molecule has 247 valence electrons. The van der Waals surface area contributed by atoms with E-state index in [1.807, 2.05) is 0 Å². The van der Waals surface area contributed by atoms with Crippen LogP contribution in [-0.4, -0.2) is 27.4 Å². The van der Waals surface area contributed by atoms with Gasteiger partial charge in [0.2, 0.25) is 0 Å². The molecule has 0 bridgehead atoms. The van der Waals surface area contributed by atoms with Gasteiger partial charge in [-0.25, -0.2) is 0 Å². The molecule has 0 spiro atoms. The molecule has 0 aromatic carbocycles. The molecule has 0 aliphatic carbocycles. The molecule has 7 heteroatoms. The molecule has 3 heterocycles. The van der Waals surface area contributed by atoms with Crippen molar-refractivity contribution in [1.29, 1.82) is 0 Å². The Kier molecular flexibility index (Phi) is 16.8. The molecular weight excluding hydrogens is 571 g/mol. The molecular formula is C36H66MnN6. The number of imidazole rings is 3. The van der Waals surface area contributed by atoms with Gasteiger partial charge in [0, 0.05) is 0 Å². The number of nitrogens with zero attached hydrogens (tertiary/aromatic N) is 6. The van der Waals surface area contributed by atoms with Crippen molar-refractivity contribution < 1.29 is 12.6 Å². The van der Waals surface area contributed by atoms with Crippen molar-refractivity contribution in [3.63, 3.8) is 0 Å². The molecule has 0 N–H and O–H groups in total. The van der Waals surface area contributed by atoms with Crippen molar-refractivity contribution in [2.45, 2.75) is 156 Å². The molecule has 0 saturated carbocycles. The standard InChI is InChI=1S/3C12H22N2.Mn/c3*1-3-4-5-6-7-8-9-14-11-10-13(2)12-14;/h3*10-11H,3-9H2,1-2H3;. The summed E-state index contributed by atoms with van der Waals surface area (Å²) in [6, 6.07) is 0. The van der Waals surface area contributed by atoms with Crippen molar-refractivity contribution in [1.82, 2.24) is 27.4 Å². The van der Waals surface area contributed by atoms with Crippen LogP contribution in [-0.2, 0) is 53.4 Å². The summed E-state index contributed by atoms with van der Waals surface area (Å²) in [5, 5.41) is 0. The van der Waals surface area contributed by atoms with E-state index in [0.29, 0.717) is 0 Å². The van der Waals surface area contributed by atoms with E-state index in [1.54, 1.807) is 0 Å². The summed E-state index contributed by atoms with van der Waals surface area (Å²) < 4.78 is 19.6. The van der Waals surface area contributed by atoms with Crippen LogP contribution in [0.15, 0.2) is 37.2 Å². The Morgan fingerprint density at radius 2 is 0.628 bits per heavy atom. The molecule has 43 heavy (non-hydrogen) atoms. The van der Waals surface area contributed by atoms with E-state index in [1.165, 1.54) is 129 Å². The summed E-state index contributed by atoms with van der Waals surface area (Å²) in [5.41, 5.74) is 0. The second-order valence-corrected chi connectivity index (χ2v) is 15.2. The first-order valence-corrected chi connectivity index (χ1v) is 19.6. The number of rotatable bonds is 21. The van der Waals surface area contributed by atoms with Crippen LogP contribution in [0.2, 0.25) is 0 Å². The normalized spacial score (nSPS) is 11.6. The van der Waals surface area contributed by atoms with Gasteiger partial charge in [-0.05, 0) is 0 Å². The molecule has 3 aromatic heterocycles. The SMILES string of the molecule is CCCCCCCCn1ccn(C)[c]1=[Mn](=[c]1n(C)ccn1CCCCCCCC)=[c]1n(C)ccn1CCCCCCCC. The van der Waals surface area contributed by atoms with Gasteiger partial charge in [0.1, 0.15) is 0 Å². The van der Waals surface area contributed by atoms with Crippen LogP contribution in [0, 0.1) is 13.0 Å². The Bertz CT molecular complexity index is 1280. The number of hydrogen-bond donors (Lipinski definition) is 0. The Balaban J connectivity index is 2.17. The van der Waals surface area contributed by atoms with Gasteiger partial charge in [0.25, 0.3) is 0 Å². The second kappa shape index (κ2) is 20.2. The third kappa shape index (κ3) is 10.9. The summed E-state index contributed by atoms with van der Waals surface area (Å²) >= 11 is -1.33. The maximum atomic E-state index is 2.61. The number of hydrogen-bond acceptors (Lipinski definition) is 0. The second-order valence-electron chi connectivity index (χ2n) is 12.7. The van der Waals surface area contributed by atoms with Gasteiger partial charge in [-0.2, -0.15) is 0 Å². The molecule has 0 aliphatic rings. The summed E-state index contributed by atoms with van der Waals surface area (Å²) in [6.45, 7) is 10.3. The number of aryl methyl sites for hydroxylation is 6. The summed E-state index contributed by atoms with van der Waals surface area (Å²) in [5.74, 6) is 0. The Morgan fingerprint density at radius 1 is 0.372 bits per heavy atom. The van der Waals surface area contributed by atoms with Crippen molar-refractivity contribution in [3.8, 4) is 0 Å². The summed E-state index contributed by atoms with van der Waals surface area (Å²) in [6.07, 6.45) is 38.0. The molecule has 0 unspecified atom stereocenters. The zero-order valence-electron chi connectivity index (χ0n) is 28.9. The van der Waals surface area contributed by atoms with E-state index in [-0.39, 0.29) is 0 Å². The van der Waals surface area contributed by atoms with Crippen molar-refractivity contribution >= 4 is 0 Å². The minimum atomic E-state index is -1.33. The molecule has 0 saturated heterocycles. The van der Waals surface area contributed by atoms with Gasteiger partial charge in [0.15, 0.2) is 0 Å². The van der Waals surface area contributed by atoms with Crippen molar-refractivity contribution in [3.05, 3.63) is 50.2 Å². The van der Waals surface area contributed by atoms with E-state index in [0.717, 1.165) is 19.6 Å². The predicted octanol–water partition coefficient (Wildman–Crippen LogP) is 9.80. The monoisotopic (exact) mass is 637 g/mol. The van der Waals surface area contributed by atoms with Crippen LogP contribution in [0.1, 0.15) is 136 Å². The van der Waals surface area contributed by atoms with Gasteiger partial charge in [-0.1, -0.05) is 0 Å². The Labute approximate surface area is 266 Å². The summed E-state index contributed by atoms with van der Waals surface area (Å²) in [4.78, 5) is 0. The zero-order chi connectivity index (χ0) is 30.9. The molecule has 3 rings (SSSR count). The first-order valence-electron chi connectivity index (χ1n) is 17.9. The molecule has 0 aliphatic heterocycles. The molecule has 3 aromatic rings. The summed E-state index contributed by atoms with van der Waals surface area (Å²) in [7, 11) is 6.83. The van der Waals surface area contributed by atoms with Crippen LogP contribution in [0.25, 0.3) is 0 Å². The van der Waals surface area contributed by atoms with Crippen LogP contribution in [0.5, 0.6) is 0 Å². The molecule has 0 amide bonds.